The van der Waals surface area contributed by atoms with Crippen LogP contribution in [0.1, 0.15) is 39.5 Å². The molecule has 1 saturated carbocycles. The lowest BCUT2D eigenvalue weighted by Crippen LogP contribution is -2.25. The van der Waals surface area contributed by atoms with Crippen molar-refractivity contribution in [2.24, 2.45) is 5.92 Å². The maximum Gasteiger partial charge on any atom is 0.334 e. The van der Waals surface area contributed by atoms with Crippen molar-refractivity contribution in [3.63, 3.8) is 0 Å². The van der Waals surface area contributed by atoms with E-state index >= 15 is 0 Å². The minimum absolute atomic E-state index is 0.249. The van der Waals surface area contributed by atoms with Crippen molar-refractivity contribution >= 4 is 5.97 Å². The maximum atomic E-state index is 11.2. The second-order valence-corrected chi connectivity index (χ2v) is 3.85. The zero-order valence-electron chi connectivity index (χ0n) is 9.12. The summed E-state index contributed by atoms with van der Waals surface area (Å²) in [6, 6.07) is 0. The number of hydrogen-bond acceptors (Lipinski definition) is 3. The van der Waals surface area contributed by atoms with Gasteiger partial charge in [0.25, 0.3) is 0 Å². The summed E-state index contributed by atoms with van der Waals surface area (Å²) < 4.78 is 10.2. The number of hydrogen-bond donors (Lipinski definition) is 0. The third-order valence-electron chi connectivity index (χ3n) is 2.74. The highest BCUT2D eigenvalue weighted by molar-refractivity contribution is 5.74. The molecule has 0 heterocycles. The van der Waals surface area contributed by atoms with Gasteiger partial charge in [0, 0.05) is 6.61 Å². The van der Waals surface area contributed by atoms with Crippen molar-refractivity contribution < 1.29 is 14.3 Å². The van der Waals surface area contributed by atoms with Gasteiger partial charge >= 0.3 is 5.97 Å². The molecule has 1 aliphatic rings. The first-order valence-corrected chi connectivity index (χ1v) is 5.52. The molecule has 1 aliphatic carbocycles. The lowest BCUT2D eigenvalue weighted by Gasteiger charge is -2.25. The van der Waals surface area contributed by atoms with Crippen LogP contribution in [0.5, 0.6) is 0 Å². The molecule has 0 aromatic heterocycles. The predicted octanol–water partition coefficient (Wildman–Crippen LogP) is 2.14. The highest BCUT2D eigenvalue weighted by atomic mass is 16.6. The van der Waals surface area contributed by atoms with Crippen LogP contribution in [0.4, 0.5) is 0 Å². The summed E-state index contributed by atoms with van der Waals surface area (Å²) in [4.78, 5) is 11.2. The van der Waals surface area contributed by atoms with Crippen LogP contribution in [-0.4, -0.2) is 25.3 Å². The van der Waals surface area contributed by atoms with Gasteiger partial charge in [0.2, 0.25) is 0 Å². The summed E-state index contributed by atoms with van der Waals surface area (Å²) in [7, 11) is 0. The van der Waals surface area contributed by atoms with Crippen molar-refractivity contribution in [3.8, 4) is 0 Å². The lowest BCUT2D eigenvalue weighted by atomic mass is 9.83. The Morgan fingerprint density at radius 3 is 2.71 bits per heavy atom. The standard InChI is InChI=1S/C11H20O3/c1-3-13-11(12)9(2)14-8-7-10-5-4-6-10/h9-10H,3-8H2,1-2H3. The van der Waals surface area contributed by atoms with E-state index in [2.05, 4.69) is 0 Å². The van der Waals surface area contributed by atoms with Gasteiger partial charge in [0.1, 0.15) is 0 Å². The van der Waals surface area contributed by atoms with Crippen LogP contribution in [0.15, 0.2) is 0 Å². The SMILES string of the molecule is CCOC(=O)C(C)OCCC1CCC1. The summed E-state index contributed by atoms with van der Waals surface area (Å²) >= 11 is 0. The average Bonchev–Trinajstić information content (AvgIpc) is 2.09. The summed E-state index contributed by atoms with van der Waals surface area (Å²) in [5.74, 6) is 0.588. The Balaban J connectivity index is 2.01. The smallest absolute Gasteiger partial charge is 0.334 e. The molecule has 1 rings (SSSR count). The third-order valence-corrected chi connectivity index (χ3v) is 2.74. The summed E-state index contributed by atoms with van der Waals surface area (Å²) in [5, 5.41) is 0. The lowest BCUT2D eigenvalue weighted by molar-refractivity contribution is -0.155. The molecule has 82 valence electrons. The van der Waals surface area contributed by atoms with Gasteiger partial charge < -0.3 is 9.47 Å². The molecule has 1 fully saturated rings. The Hall–Kier alpha value is -0.570. The van der Waals surface area contributed by atoms with Crippen LogP contribution < -0.4 is 0 Å². The van der Waals surface area contributed by atoms with E-state index in [9.17, 15) is 4.79 Å². The summed E-state index contributed by atoms with van der Waals surface area (Å²) in [5.41, 5.74) is 0. The zero-order valence-corrected chi connectivity index (χ0v) is 9.12. The average molecular weight is 200 g/mol. The van der Waals surface area contributed by atoms with Crippen LogP contribution in [0.25, 0.3) is 0 Å². The molecule has 0 aliphatic heterocycles. The van der Waals surface area contributed by atoms with E-state index in [-0.39, 0.29) is 5.97 Å². The van der Waals surface area contributed by atoms with E-state index in [4.69, 9.17) is 9.47 Å². The predicted molar refractivity (Wildman–Crippen MR) is 54.0 cm³/mol. The second-order valence-electron chi connectivity index (χ2n) is 3.85. The van der Waals surface area contributed by atoms with Crippen LogP contribution in [-0.2, 0) is 14.3 Å². The van der Waals surface area contributed by atoms with Crippen LogP contribution in [0, 0.1) is 5.92 Å². The van der Waals surface area contributed by atoms with Crippen molar-refractivity contribution in [3.05, 3.63) is 0 Å². The molecule has 0 bridgehead atoms. The molecule has 0 amide bonds. The fourth-order valence-electron chi connectivity index (χ4n) is 1.52. The number of carbonyl (C=O) groups excluding carboxylic acids is 1. The largest absolute Gasteiger partial charge is 0.464 e. The molecule has 0 aromatic carbocycles. The Kier molecular flexibility index (Phi) is 4.94. The minimum atomic E-state index is -0.407. The fourth-order valence-corrected chi connectivity index (χ4v) is 1.52. The quantitative estimate of drug-likeness (QED) is 0.616. The van der Waals surface area contributed by atoms with Gasteiger partial charge in [0.05, 0.1) is 6.61 Å². The number of ether oxygens (including phenoxy) is 2. The minimum Gasteiger partial charge on any atom is -0.464 e. The van der Waals surface area contributed by atoms with Crippen molar-refractivity contribution in [1.29, 1.82) is 0 Å². The highest BCUT2D eigenvalue weighted by Gasteiger charge is 2.19. The molecule has 0 aromatic rings. The molecule has 0 radical (unpaired) electrons. The van der Waals surface area contributed by atoms with Crippen LogP contribution in [0.3, 0.4) is 0 Å². The molecule has 14 heavy (non-hydrogen) atoms. The summed E-state index contributed by atoms with van der Waals surface area (Å²) in [6.07, 6.45) is 4.70. The molecule has 0 saturated heterocycles. The fraction of sp³-hybridized carbons (Fsp3) is 0.909. The van der Waals surface area contributed by atoms with E-state index in [1.54, 1.807) is 13.8 Å². The summed E-state index contributed by atoms with van der Waals surface area (Å²) in [6.45, 7) is 4.66. The molecule has 3 heteroatoms. The van der Waals surface area contributed by atoms with Gasteiger partial charge in [-0.1, -0.05) is 19.3 Å². The topological polar surface area (TPSA) is 35.5 Å². The molecule has 1 atom stereocenters. The van der Waals surface area contributed by atoms with Crippen LogP contribution >= 0.6 is 0 Å². The Bertz CT molecular complexity index is 175. The zero-order chi connectivity index (χ0) is 10.4. The number of carbonyl (C=O) groups is 1. The Labute approximate surface area is 85.8 Å². The Morgan fingerprint density at radius 2 is 2.21 bits per heavy atom. The van der Waals surface area contributed by atoms with Crippen LogP contribution in [0.2, 0.25) is 0 Å². The van der Waals surface area contributed by atoms with E-state index in [0.717, 1.165) is 12.3 Å². The normalized spacial score (nSPS) is 18.7. The molecule has 0 spiro atoms. The van der Waals surface area contributed by atoms with Gasteiger partial charge in [-0.2, -0.15) is 0 Å². The molecule has 3 nitrogen and oxygen atoms in total. The molecular weight excluding hydrogens is 180 g/mol. The van der Waals surface area contributed by atoms with Crippen molar-refractivity contribution in [2.75, 3.05) is 13.2 Å². The van der Waals surface area contributed by atoms with Gasteiger partial charge in [-0.3, -0.25) is 0 Å². The van der Waals surface area contributed by atoms with Gasteiger partial charge in [-0.25, -0.2) is 4.79 Å². The number of rotatable bonds is 6. The van der Waals surface area contributed by atoms with Gasteiger partial charge in [-0.15, -0.1) is 0 Å². The monoisotopic (exact) mass is 200 g/mol. The van der Waals surface area contributed by atoms with E-state index in [0.29, 0.717) is 13.2 Å². The van der Waals surface area contributed by atoms with Crippen molar-refractivity contribution in [2.45, 2.75) is 45.6 Å². The second kappa shape index (κ2) is 6.02. The first-order valence-electron chi connectivity index (χ1n) is 5.52. The first-order chi connectivity index (χ1) is 6.74. The first kappa shape index (κ1) is 11.5. The Morgan fingerprint density at radius 1 is 1.50 bits per heavy atom. The van der Waals surface area contributed by atoms with E-state index in [1.807, 2.05) is 0 Å². The maximum absolute atomic E-state index is 11.2. The highest BCUT2D eigenvalue weighted by Crippen LogP contribution is 2.29. The third kappa shape index (κ3) is 3.66. The molecule has 1 unspecified atom stereocenters. The molecular formula is C11H20O3. The van der Waals surface area contributed by atoms with Crippen molar-refractivity contribution in [1.82, 2.24) is 0 Å². The van der Waals surface area contributed by atoms with E-state index in [1.165, 1.54) is 19.3 Å². The van der Waals surface area contributed by atoms with Gasteiger partial charge in [-0.05, 0) is 26.2 Å². The number of esters is 1. The molecule has 0 N–H and O–H groups in total. The van der Waals surface area contributed by atoms with Gasteiger partial charge in [0.15, 0.2) is 6.10 Å². The van der Waals surface area contributed by atoms with E-state index < -0.39 is 6.10 Å².